The van der Waals surface area contributed by atoms with Crippen LogP contribution in [0.5, 0.6) is 5.75 Å². The minimum absolute atomic E-state index is 0.109. The Bertz CT molecular complexity index is 864. The smallest absolute Gasteiger partial charge is 0.338 e. The number of nitrogens with one attached hydrogen (secondary N) is 2. The molecule has 0 fully saturated rings. The van der Waals surface area contributed by atoms with E-state index >= 15 is 0 Å². The number of nitro groups is 1. The first-order valence-electron chi connectivity index (χ1n) is 8.14. The Labute approximate surface area is 159 Å². The van der Waals surface area contributed by atoms with E-state index in [1.54, 1.807) is 12.1 Å². The van der Waals surface area contributed by atoms with Crippen molar-refractivity contribution in [3.05, 3.63) is 69.8 Å². The van der Waals surface area contributed by atoms with Gasteiger partial charge >= 0.3 is 5.97 Å². The van der Waals surface area contributed by atoms with Crippen molar-refractivity contribution in [2.75, 3.05) is 13.2 Å². The zero-order chi connectivity index (χ0) is 20.5. The SMILES string of the molecule is CCOc1ccc(C(=O)OCC(=O)NNC(=O)c2ccc([N+](=O)[O-])cc2)cc1. The molecule has 0 atom stereocenters. The molecule has 0 unspecified atom stereocenters. The maximum atomic E-state index is 11.9. The molecule has 10 heteroatoms. The number of non-ortho nitro benzene ring substituents is 1. The molecule has 0 spiro atoms. The molecule has 0 aliphatic carbocycles. The van der Waals surface area contributed by atoms with Crippen molar-refractivity contribution in [3.8, 4) is 5.75 Å². The van der Waals surface area contributed by atoms with Crippen molar-refractivity contribution in [2.24, 2.45) is 0 Å². The first-order chi connectivity index (χ1) is 13.4. The van der Waals surface area contributed by atoms with Gasteiger partial charge in [0.1, 0.15) is 5.75 Å². The molecule has 0 heterocycles. The van der Waals surface area contributed by atoms with Crippen molar-refractivity contribution in [3.63, 3.8) is 0 Å². The van der Waals surface area contributed by atoms with Gasteiger partial charge in [-0.15, -0.1) is 0 Å². The molecule has 0 saturated heterocycles. The summed E-state index contributed by atoms with van der Waals surface area (Å²) < 4.78 is 10.1. The second kappa shape index (κ2) is 9.67. The fourth-order valence-electron chi connectivity index (χ4n) is 2.04. The summed E-state index contributed by atoms with van der Waals surface area (Å²) in [5.41, 5.74) is 4.38. The van der Waals surface area contributed by atoms with Crippen LogP contribution in [0.15, 0.2) is 48.5 Å². The lowest BCUT2D eigenvalue weighted by molar-refractivity contribution is -0.384. The van der Waals surface area contributed by atoms with Crippen LogP contribution in [0.3, 0.4) is 0 Å². The Morgan fingerprint density at radius 1 is 0.964 bits per heavy atom. The monoisotopic (exact) mass is 387 g/mol. The van der Waals surface area contributed by atoms with E-state index in [-0.39, 0.29) is 16.8 Å². The van der Waals surface area contributed by atoms with Gasteiger partial charge in [-0.05, 0) is 43.3 Å². The van der Waals surface area contributed by atoms with Gasteiger partial charge in [0.2, 0.25) is 0 Å². The number of benzene rings is 2. The molecule has 10 nitrogen and oxygen atoms in total. The number of esters is 1. The van der Waals surface area contributed by atoms with Gasteiger partial charge in [-0.3, -0.25) is 30.6 Å². The van der Waals surface area contributed by atoms with Crippen LogP contribution in [0.25, 0.3) is 0 Å². The number of ether oxygens (including phenoxy) is 2. The summed E-state index contributed by atoms with van der Waals surface area (Å²) in [7, 11) is 0. The molecule has 146 valence electrons. The van der Waals surface area contributed by atoms with E-state index in [9.17, 15) is 24.5 Å². The minimum atomic E-state index is -0.755. The van der Waals surface area contributed by atoms with Crippen molar-refractivity contribution in [1.29, 1.82) is 0 Å². The summed E-state index contributed by atoms with van der Waals surface area (Å²) in [6.07, 6.45) is 0. The molecule has 28 heavy (non-hydrogen) atoms. The predicted octanol–water partition coefficient (Wildman–Crippen LogP) is 1.61. The van der Waals surface area contributed by atoms with Crippen LogP contribution in [-0.2, 0) is 9.53 Å². The highest BCUT2D eigenvalue weighted by molar-refractivity contribution is 5.96. The lowest BCUT2D eigenvalue weighted by Crippen LogP contribution is -2.43. The highest BCUT2D eigenvalue weighted by Crippen LogP contribution is 2.13. The lowest BCUT2D eigenvalue weighted by atomic mass is 10.2. The maximum absolute atomic E-state index is 11.9. The van der Waals surface area contributed by atoms with Crippen molar-refractivity contribution < 1.29 is 28.8 Å². The van der Waals surface area contributed by atoms with E-state index in [4.69, 9.17) is 9.47 Å². The average Bonchev–Trinajstić information content (AvgIpc) is 2.71. The highest BCUT2D eigenvalue weighted by Gasteiger charge is 2.13. The van der Waals surface area contributed by atoms with Crippen molar-refractivity contribution in [1.82, 2.24) is 10.9 Å². The molecule has 0 radical (unpaired) electrons. The largest absolute Gasteiger partial charge is 0.494 e. The topological polar surface area (TPSA) is 137 Å². The molecule has 0 bridgehead atoms. The zero-order valence-electron chi connectivity index (χ0n) is 14.8. The van der Waals surface area contributed by atoms with Gasteiger partial charge in [0, 0.05) is 17.7 Å². The first-order valence-corrected chi connectivity index (χ1v) is 8.14. The fourth-order valence-corrected chi connectivity index (χ4v) is 2.04. The summed E-state index contributed by atoms with van der Waals surface area (Å²) in [6.45, 7) is 1.73. The number of carbonyl (C=O) groups excluding carboxylic acids is 3. The van der Waals surface area contributed by atoms with E-state index in [0.29, 0.717) is 12.4 Å². The van der Waals surface area contributed by atoms with E-state index in [1.807, 2.05) is 6.92 Å². The van der Waals surface area contributed by atoms with E-state index < -0.39 is 29.3 Å². The summed E-state index contributed by atoms with van der Waals surface area (Å²) in [5.74, 6) is -1.54. The molecule has 2 rings (SSSR count). The van der Waals surface area contributed by atoms with Crippen LogP contribution >= 0.6 is 0 Å². The average molecular weight is 387 g/mol. The van der Waals surface area contributed by atoms with Gasteiger partial charge in [0.25, 0.3) is 17.5 Å². The number of hydrogen-bond acceptors (Lipinski definition) is 7. The van der Waals surface area contributed by atoms with Crippen LogP contribution in [0, 0.1) is 10.1 Å². The highest BCUT2D eigenvalue weighted by atomic mass is 16.6. The third kappa shape index (κ3) is 5.80. The molecule has 0 aromatic heterocycles. The number of hydrogen-bond donors (Lipinski definition) is 2. The Hall–Kier alpha value is -3.95. The minimum Gasteiger partial charge on any atom is -0.494 e. The normalized spacial score (nSPS) is 9.89. The second-order valence-electron chi connectivity index (χ2n) is 5.34. The lowest BCUT2D eigenvalue weighted by Gasteiger charge is -2.08. The number of nitrogens with zero attached hydrogens (tertiary/aromatic N) is 1. The van der Waals surface area contributed by atoms with Gasteiger partial charge in [-0.2, -0.15) is 0 Å². The zero-order valence-corrected chi connectivity index (χ0v) is 14.8. The molecule has 0 aliphatic rings. The molecule has 2 amide bonds. The second-order valence-corrected chi connectivity index (χ2v) is 5.34. The van der Waals surface area contributed by atoms with Crippen LogP contribution in [0.4, 0.5) is 5.69 Å². The van der Waals surface area contributed by atoms with Crippen molar-refractivity contribution >= 4 is 23.5 Å². The van der Waals surface area contributed by atoms with E-state index in [2.05, 4.69) is 10.9 Å². The fraction of sp³-hybridized carbons (Fsp3) is 0.167. The Kier molecular flexibility index (Phi) is 7.03. The summed E-state index contributed by atoms with van der Waals surface area (Å²) >= 11 is 0. The standard InChI is InChI=1S/C18H17N3O7/c1-2-27-15-9-5-13(6-10-15)18(24)28-11-16(22)19-20-17(23)12-3-7-14(8-4-12)21(25)26/h3-10H,2,11H2,1H3,(H,19,22)(H,20,23). The number of rotatable bonds is 7. The number of carbonyl (C=O) groups is 3. The molecule has 2 N–H and O–H groups in total. The Morgan fingerprint density at radius 3 is 2.14 bits per heavy atom. The Morgan fingerprint density at radius 2 is 1.57 bits per heavy atom. The maximum Gasteiger partial charge on any atom is 0.338 e. The third-order valence-electron chi connectivity index (χ3n) is 3.39. The van der Waals surface area contributed by atoms with Crippen molar-refractivity contribution in [2.45, 2.75) is 6.92 Å². The molecule has 0 saturated carbocycles. The quantitative estimate of drug-likeness (QED) is 0.418. The molecule has 2 aromatic carbocycles. The van der Waals surface area contributed by atoms with Gasteiger partial charge in [-0.1, -0.05) is 0 Å². The van der Waals surface area contributed by atoms with Crippen LogP contribution in [0.2, 0.25) is 0 Å². The predicted molar refractivity (Wildman–Crippen MR) is 96.6 cm³/mol. The summed E-state index contributed by atoms with van der Waals surface area (Å²) in [4.78, 5) is 45.4. The molecule has 0 aliphatic heterocycles. The Balaban J connectivity index is 1.77. The molecule has 2 aromatic rings. The number of amides is 2. The summed E-state index contributed by atoms with van der Waals surface area (Å²) in [5, 5.41) is 10.6. The summed E-state index contributed by atoms with van der Waals surface area (Å²) in [6, 6.07) is 11.0. The number of hydrazine groups is 1. The van der Waals surface area contributed by atoms with Gasteiger partial charge < -0.3 is 9.47 Å². The van der Waals surface area contributed by atoms with Crippen LogP contribution in [0.1, 0.15) is 27.6 Å². The van der Waals surface area contributed by atoms with Crippen LogP contribution in [-0.4, -0.2) is 35.9 Å². The number of nitro benzene ring substituents is 1. The van der Waals surface area contributed by atoms with Gasteiger partial charge in [0.05, 0.1) is 17.1 Å². The van der Waals surface area contributed by atoms with Crippen LogP contribution < -0.4 is 15.6 Å². The third-order valence-corrected chi connectivity index (χ3v) is 3.39. The molecular formula is C18H17N3O7. The first kappa shape index (κ1) is 20.4. The van der Waals surface area contributed by atoms with Gasteiger partial charge in [-0.25, -0.2) is 4.79 Å². The molecular weight excluding hydrogens is 370 g/mol. The van der Waals surface area contributed by atoms with E-state index in [0.717, 1.165) is 12.1 Å². The van der Waals surface area contributed by atoms with Gasteiger partial charge in [0.15, 0.2) is 6.61 Å². The van der Waals surface area contributed by atoms with E-state index in [1.165, 1.54) is 24.3 Å².